The molecule has 2 aliphatic rings. The Morgan fingerprint density at radius 3 is 1.57 bits per heavy atom. The Hall–Kier alpha value is -3.37. The largest absolute Gasteiger partial charge is 0.309 e. The van der Waals surface area contributed by atoms with E-state index in [1.54, 1.807) is 0 Å². The maximum absolute atomic E-state index is 16.0. The lowest BCUT2D eigenvalue weighted by molar-refractivity contribution is 0.592. The van der Waals surface area contributed by atoms with Gasteiger partial charge in [0.1, 0.15) is 0 Å². The molecule has 0 saturated heterocycles. The van der Waals surface area contributed by atoms with Gasteiger partial charge in [-0.1, -0.05) is 123 Å². The first kappa shape index (κ1) is 27.5. The summed E-state index contributed by atoms with van der Waals surface area (Å²) in [6.07, 6.45) is 14.0. The molecule has 210 valence electrons. The Balaban J connectivity index is 1.60. The zero-order valence-electron chi connectivity index (χ0n) is 24.2. The van der Waals surface area contributed by atoms with E-state index in [1.807, 2.05) is 36.4 Å². The summed E-state index contributed by atoms with van der Waals surface area (Å²) in [6, 6.07) is 40.6. The Bertz CT molecular complexity index is 1760. The Morgan fingerprint density at radius 1 is 0.524 bits per heavy atom. The smallest absolute Gasteiger partial charge is 0.171 e. The molecule has 2 aliphatic carbocycles. The molecular formula is C39H38OP2. The zero-order valence-corrected chi connectivity index (χ0v) is 26.1. The molecule has 0 N–H and O–H groups in total. The van der Waals surface area contributed by atoms with Crippen LogP contribution in [0.1, 0.15) is 47.9 Å². The van der Waals surface area contributed by atoms with Crippen LogP contribution in [0.25, 0.3) is 11.1 Å². The molecule has 0 aromatic heterocycles. The molecule has 0 spiro atoms. The highest BCUT2D eigenvalue weighted by Gasteiger charge is 2.36. The third-order valence-corrected chi connectivity index (χ3v) is 14.5. The Labute approximate surface area is 251 Å². The van der Waals surface area contributed by atoms with E-state index in [-0.39, 0.29) is 0 Å². The summed E-state index contributed by atoms with van der Waals surface area (Å²) in [5.41, 5.74) is 8.43. The van der Waals surface area contributed by atoms with Gasteiger partial charge in [-0.05, 0) is 101 Å². The minimum atomic E-state index is -3.19. The molecule has 0 fully saturated rings. The molecule has 0 aliphatic heterocycles. The van der Waals surface area contributed by atoms with Crippen molar-refractivity contribution in [2.75, 3.05) is 0 Å². The van der Waals surface area contributed by atoms with Crippen LogP contribution in [0, 0.1) is 0 Å². The molecule has 1 nitrogen and oxygen atoms in total. The van der Waals surface area contributed by atoms with Gasteiger partial charge in [-0.2, -0.15) is 0 Å². The van der Waals surface area contributed by atoms with Gasteiger partial charge in [0.15, 0.2) is 7.14 Å². The number of hydrogen-bond acceptors (Lipinski definition) is 1. The molecular weight excluding hydrogens is 546 g/mol. The predicted molar refractivity (Wildman–Crippen MR) is 186 cm³/mol. The molecule has 5 aromatic rings. The molecule has 3 heteroatoms. The highest BCUT2D eigenvalue weighted by atomic mass is 31.2. The lowest BCUT2D eigenvalue weighted by Crippen LogP contribution is -2.29. The van der Waals surface area contributed by atoms with Gasteiger partial charge in [0, 0.05) is 15.9 Å². The maximum atomic E-state index is 16.0. The lowest BCUT2D eigenvalue weighted by atomic mass is 9.81. The van der Waals surface area contributed by atoms with Crippen molar-refractivity contribution in [3.63, 3.8) is 0 Å². The van der Waals surface area contributed by atoms with E-state index in [9.17, 15) is 0 Å². The zero-order chi connectivity index (χ0) is 28.5. The summed E-state index contributed by atoms with van der Waals surface area (Å²) in [5.74, 6) is 0. The van der Waals surface area contributed by atoms with Crippen LogP contribution in [0.5, 0.6) is 0 Å². The molecule has 1 atom stereocenters. The van der Waals surface area contributed by atoms with Crippen molar-refractivity contribution in [2.24, 2.45) is 0 Å². The van der Waals surface area contributed by atoms with Gasteiger partial charge in [-0.25, -0.2) is 0 Å². The SMILES string of the molecule is C=[PH](c1ccccc1)c1ccc2c(c1-c1c(P(=O)(c3ccccc3)c3ccccc3)ccc3c1CCCC3)CCCC2. The summed E-state index contributed by atoms with van der Waals surface area (Å²) in [4.78, 5) is 0. The van der Waals surface area contributed by atoms with Crippen LogP contribution in [0.4, 0.5) is 0 Å². The van der Waals surface area contributed by atoms with E-state index in [0.29, 0.717) is 0 Å². The van der Waals surface area contributed by atoms with Crippen LogP contribution in [-0.2, 0) is 30.2 Å². The van der Waals surface area contributed by atoms with Crippen molar-refractivity contribution in [3.8, 4) is 11.1 Å². The van der Waals surface area contributed by atoms with E-state index in [0.717, 1.165) is 41.6 Å². The normalized spacial score (nSPS) is 15.4. The quantitative estimate of drug-likeness (QED) is 0.191. The maximum Gasteiger partial charge on any atom is 0.171 e. The minimum absolute atomic E-state index is 0.905. The molecule has 0 bridgehead atoms. The number of benzene rings is 5. The Morgan fingerprint density at radius 2 is 1.00 bits per heavy atom. The van der Waals surface area contributed by atoms with Gasteiger partial charge in [-0.15, -0.1) is 0 Å². The van der Waals surface area contributed by atoms with Crippen LogP contribution in [0.2, 0.25) is 0 Å². The van der Waals surface area contributed by atoms with Crippen LogP contribution in [-0.4, -0.2) is 6.30 Å². The van der Waals surface area contributed by atoms with Gasteiger partial charge in [0.05, 0.1) is 0 Å². The van der Waals surface area contributed by atoms with Crippen LogP contribution in [0.15, 0.2) is 115 Å². The third kappa shape index (κ3) is 4.78. The topological polar surface area (TPSA) is 17.1 Å². The monoisotopic (exact) mass is 584 g/mol. The molecule has 0 saturated carbocycles. The van der Waals surface area contributed by atoms with E-state index < -0.39 is 14.7 Å². The molecule has 42 heavy (non-hydrogen) atoms. The second-order valence-electron chi connectivity index (χ2n) is 11.8. The van der Waals surface area contributed by atoms with Gasteiger partial charge in [0.25, 0.3) is 0 Å². The number of aryl methyl sites for hydroxylation is 2. The van der Waals surface area contributed by atoms with E-state index in [4.69, 9.17) is 6.30 Å². The highest BCUT2D eigenvalue weighted by Crippen LogP contribution is 2.49. The van der Waals surface area contributed by atoms with Crippen molar-refractivity contribution in [1.29, 1.82) is 0 Å². The summed E-state index contributed by atoms with van der Waals surface area (Å²) in [5, 5.41) is 5.49. The highest BCUT2D eigenvalue weighted by molar-refractivity contribution is 7.85. The number of hydrogen-bond donors (Lipinski definition) is 0. The van der Waals surface area contributed by atoms with Crippen molar-refractivity contribution >= 4 is 47.5 Å². The minimum Gasteiger partial charge on any atom is -0.309 e. The van der Waals surface area contributed by atoms with E-state index >= 15 is 4.57 Å². The van der Waals surface area contributed by atoms with Crippen LogP contribution < -0.4 is 26.5 Å². The van der Waals surface area contributed by atoms with Gasteiger partial charge in [0.2, 0.25) is 0 Å². The molecule has 7 rings (SSSR count). The first-order chi connectivity index (χ1) is 20.7. The fraction of sp³-hybridized carbons (Fsp3) is 0.205. The molecule has 0 heterocycles. The number of rotatable bonds is 6. The van der Waals surface area contributed by atoms with Gasteiger partial charge >= 0.3 is 0 Å². The second-order valence-corrected chi connectivity index (χ2v) is 16.6. The van der Waals surface area contributed by atoms with Gasteiger partial charge in [-0.3, -0.25) is 0 Å². The summed E-state index contributed by atoms with van der Waals surface area (Å²) < 4.78 is 16.0. The molecule has 5 aromatic carbocycles. The molecule has 0 radical (unpaired) electrons. The fourth-order valence-electron chi connectivity index (χ4n) is 7.22. The molecule has 0 amide bonds. The van der Waals surface area contributed by atoms with E-state index in [1.165, 1.54) is 69.7 Å². The van der Waals surface area contributed by atoms with E-state index in [2.05, 4.69) is 78.9 Å². The first-order valence-electron chi connectivity index (χ1n) is 15.4. The number of fused-ring (bicyclic) bond motifs is 2. The average molecular weight is 585 g/mol. The summed E-state index contributed by atoms with van der Waals surface area (Å²) >= 11 is 0. The molecule has 1 unspecified atom stereocenters. The van der Waals surface area contributed by atoms with Crippen LogP contribution in [0.3, 0.4) is 0 Å². The standard InChI is InChI=1S/C39H38OP2/c1-41(31-17-5-2-6-18-31)36-27-25-29-15-11-13-23-34(29)38(36)39-35-24-14-12-16-30(35)26-28-37(39)42(40,32-19-7-3-8-20-32)33-21-9-4-10-22-33/h2-10,17-22,25-28,41H,1,11-16,23-24H2. The summed E-state index contributed by atoms with van der Waals surface area (Å²) in [6.45, 7) is 0. The Kier molecular flexibility index (Phi) is 7.66. The van der Waals surface area contributed by atoms with Crippen molar-refractivity contribution in [2.45, 2.75) is 51.4 Å². The summed E-state index contributed by atoms with van der Waals surface area (Å²) in [7, 11) is -4.50. The van der Waals surface area contributed by atoms with Crippen molar-refractivity contribution in [1.82, 2.24) is 0 Å². The third-order valence-electron chi connectivity index (χ3n) is 9.32. The lowest BCUT2D eigenvalue weighted by Gasteiger charge is -2.31. The first-order valence-corrected chi connectivity index (χ1v) is 18.8. The van der Waals surface area contributed by atoms with Gasteiger partial charge < -0.3 is 4.57 Å². The second kappa shape index (κ2) is 11.7. The average Bonchev–Trinajstić information content (AvgIpc) is 3.08. The van der Waals surface area contributed by atoms with Crippen molar-refractivity contribution in [3.05, 3.63) is 138 Å². The fourth-order valence-corrected chi connectivity index (χ4v) is 11.9. The van der Waals surface area contributed by atoms with Crippen molar-refractivity contribution < 1.29 is 4.57 Å². The van der Waals surface area contributed by atoms with Crippen LogP contribution >= 0.6 is 14.7 Å². The predicted octanol–water partition coefficient (Wildman–Crippen LogP) is 7.35.